The van der Waals surface area contributed by atoms with Crippen LogP contribution in [0.5, 0.6) is 0 Å². The van der Waals surface area contributed by atoms with Crippen molar-refractivity contribution in [2.75, 3.05) is 11.9 Å². The average molecular weight is 405 g/mol. The van der Waals surface area contributed by atoms with Crippen LogP contribution in [0, 0.1) is 0 Å². The van der Waals surface area contributed by atoms with Crippen molar-refractivity contribution in [3.05, 3.63) is 40.4 Å². The van der Waals surface area contributed by atoms with Crippen molar-refractivity contribution in [1.29, 1.82) is 0 Å². The summed E-state index contributed by atoms with van der Waals surface area (Å²) in [5.74, 6) is -0.133. The lowest BCUT2D eigenvalue weighted by atomic mass is 10.00. The molecule has 0 aliphatic heterocycles. The first-order valence-electron chi connectivity index (χ1n) is 9.55. The van der Waals surface area contributed by atoms with E-state index in [2.05, 4.69) is 41.6 Å². The van der Waals surface area contributed by atoms with Crippen molar-refractivity contribution in [2.24, 2.45) is 0 Å². The van der Waals surface area contributed by atoms with Gasteiger partial charge in [0.1, 0.15) is 5.01 Å². The maximum Gasteiger partial charge on any atom is 0.226 e. The highest BCUT2D eigenvalue weighted by atomic mass is 32.1. The van der Waals surface area contributed by atoms with E-state index in [1.54, 1.807) is 0 Å². The van der Waals surface area contributed by atoms with E-state index in [1.807, 2.05) is 24.3 Å². The van der Waals surface area contributed by atoms with Gasteiger partial charge in [-0.25, -0.2) is 0 Å². The van der Waals surface area contributed by atoms with Gasteiger partial charge in [0, 0.05) is 25.8 Å². The number of nitrogens with one attached hydrogen (secondary N) is 2. The molecule has 0 saturated heterocycles. The number of hydrogen-bond acceptors (Lipinski definition) is 6. The number of nitrogens with zero attached hydrogens (tertiary/aromatic N) is 2. The second-order valence-electron chi connectivity index (χ2n) is 6.94. The van der Waals surface area contributed by atoms with Gasteiger partial charge in [-0.2, -0.15) is 0 Å². The Hall–Kier alpha value is -2.32. The normalized spacial score (nSPS) is 12.0. The zero-order valence-corrected chi connectivity index (χ0v) is 17.4. The summed E-state index contributed by atoms with van der Waals surface area (Å²) in [6.07, 6.45) is 1.12. The Morgan fingerprint density at radius 2 is 1.71 bits per heavy atom. The van der Waals surface area contributed by atoms with Crippen molar-refractivity contribution in [3.8, 4) is 0 Å². The predicted octanol–water partition coefficient (Wildman–Crippen LogP) is 3.18. The fourth-order valence-corrected chi connectivity index (χ4v) is 3.41. The van der Waals surface area contributed by atoms with Gasteiger partial charge in [0.2, 0.25) is 16.9 Å². The fourth-order valence-electron chi connectivity index (χ4n) is 2.55. The highest BCUT2D eigenvalue weighted by molar-refractivity contribution is 7.15. The van der Waals surface area contributed by atoms with Gasteiger partial charge < -0.3 is 15.7 Å². The molecule has 0 aliphatic rings. The molecule has 0 saturated carbocycles. The van der Waals surface area contributed by atoms with Gasteiger partial charge in [-0.15, -0.1) is 10.2 Å². The number of benzene rings is 1. The van der Waals surface area contributed by atoms with E-state index in [1.165, 1.54) is 16.9 Å². The Labute approximate surface area is 169 Å². The first kappa shape index (κ1) is 22.0. The highest BCUT2D eigenvalue weighted by Crippen LogP contribution is 2.19. The van der Waals surface area contributed by atoms with Gasteiger partial charge in [-0.05, 0) is 23.5 Å². The number of aryl methyl sites for hydroxylation is 1. The molecule has 152 valence electrons. The fraction of sp³-hybridized carbons (Fsp3) is 0.500. The first-order chi connectivity index (χ1) is 13.4. The molecule has 1 unspecified atom stereocenters. The molecule has 2 rings (SSSR count). The molecule has 2 amide bonds. The Bertz CT molecular complexity index is 774. The zero-order valence-electron chi connectivity index (χ0n) is 16.6. The van der Waals surface area contributed by atoms with Crippen molar-refractivity contribution in [1.82, 2.24) is 15.5 Å². The Kier molecular flexibility index (Phi) is 8.53. The van der Waals surface area contributed by atoms with Crippen LogP contribution in [0.4, 0.5) is 5.13 Å². The minimum absolute atomic E-state index is 0.0471. The Morgan fingerprint density at radius 1 is 1.07 bits per heavy atom. The minimum atomic E-state index is -0.780. The third-order valence-electron chi connectivity index (χ3n) is 4.24. The van der Waals surface area contributed by atoms with Gasteiger partial charge in [-0.3, -0.25) is 9.59 Å². The Morgan fingerprint density at radius 3 is 2.36 bits per heavy atom. The number of carbonyl (C=O) groups is 2. The van der Waals surface area contributed by atoms with E-state index >= 15 is 0 Å². The van der Waals surface area contributed by atoms with Crippen LogP contribution in [0.1, 0.15) is 68.2 Å². The summed E-state index contributed by atoms with van der Waals surface area (Å²) in [6, 6.07) is 7.70. The molecule has 1 aromatic heterocycles. The maximum atomic E-state index is 11.9. The smallest absolute Gasteiger partial charge is 0.226 e. The average Bonchev–Trinajstić information content (AvgIpc) is 3.11. The van der Waals surface area contributed by atoms with Crippen LogP contribution in [0.3, 0.4) is 0 Å². The lowest BCUT2D eigenvalue weighted by Crippen LogP contribution is -2.29. The summed E-state index contributed by atoms with van der Waals surface area (Å²) in [4.78, 5) is 23.9. The zero-order chi connectivity index (χ0) is 20.5. The highest BCUT2D eigenvalue weighted by Gasteiger charge is 2.13. The first-order valence-corrected chi connectivity index (χ1v) is 10.4. The van der Waals surface area contributed by atoms with Crippen molar-refractivity contribution < 1.29 is 14.7 Å². The molecule has 28 heavy (non-hydrogen) atoms. The molecule has 1 heterocycles. The Balaban J connectivity index is 1.70. The molecule has 0 spiro atoms. The number of carbonyl (C=O) groups excluding carboxylic acids is 2. The molecular formula is C20H28N4O3S. The molecule has 3 N–H and O–H groups in total. The van der Waals surface area contributed by atoms with Crippen LogP contribution in [0.2, 0.25) is 0 Å². The van der Waals surface area contributed by atoms with E-state index in [0.29, 0.717) is 11.0 Å². The second kappa shape index (κ2) is 10.9. The molecule has 7 nitrogen and oxygen atoms in total. The van der Waals surface area contributed by atoms with Crippen LogP contribution < -0.4 is 10.6 Å². The maximum absolute atomic E-state index is 11.9. The topological polar surface area (TPSA) is 104 Å². The van der Waals surface area contributed by atoms with Gasteiger partial charge in [0.05, 0.1) is 6.10 Å². The number of aliphatic hydroxyl groups excluding tert-OH is 1. The summed E-state index contributed by atoms with van der Waals surface area (Å²) in [6.45, 7) is 6.38. The molecule has 0 fully saturated rings. The van der Waals surface area contributed by atoms with Crippen molar-refractivity contribution in [2.45, 2.75) is 58.5 Å². The SMILES string of the molecule is CCCc1nnc(NC(=O)CCC(=O)NCC(O)c2ccc(C(C)C)cc2)s1. The summed E-state index contributed by atoms with van der Waals surface area (Å²) < 4.78 is 0. The largest absolute Gasteiger partial charge is 0.387 e. The van der Waals surface area contributed by atoms with Crippen LogP contribution in [0.25, 0.3) is 0 Å². The van der Waals surface area contributed by atoms with E-state index < -0.39 is 6.10 Å². The number of rotatable bonds is 10. The third-order valence-corrected chi connectivity index (χ3v) is 5.14. The van der Waals surface area contributed by atoms with E-state index in [9.17, 15) is 14.7 Å². The van der Waals surface area contributed by atoms with Crippen LogP contribution in [-0.2, 0) is 16.0 Å². The molecule has 0 radical (unpaired) electrons. The molecule has 8 heteroatoms. The van der Waals surface area contributed by atoms with Crippen molar-refractivity contribution >= 4 is 28.3 Å². The number of aliphatic hydroxyl groups is 1. The van der Waals surface area contributed by atoms with Gasteiger partial charge >= 0.3 is 0 Å². The lowest BCUT2D eigenvalue weighted by Gasteiger charge is -2.13. The number of anilines is 1. The second-order valence-corrected chi connectivity index (χ2v) is 8.00. The van der Waals surface area contributed by atoms with E-state index in [-0.39, 0.29) is 31.2 Å². The van der Waals surface area contributed by atoms with E-state index in [4.69, 9.17) is 0 Å². The van der Waals surface area contributed by atoms with Crippen LogP contribution in [-0.4, -0.2) is 33.7 Å². The molecule has 1 aromatic carbocycles. The molecule has 1 atom stereocenters. The quantitative estimate of drug-likeness (QED) is 0.564. The molecule has 0 bridgehead atoms. The van der Waals surface area contributed by atoms with E-state index in [0.717, 1.165) is 23.4 Å². The van der Waals surface area contributed by atoms with Crippen LogP contribution >= 0.6 is 11.3 Å². The summed E-state index contributed by atoms with van der Waals surface area (Å²) in [5, 5.41) is 24.8. The van der Waals surface area contributed by atoms with Gasteiger partial charge in [-0.1, -0.05) is 56.4 Å². The molecular weight excluding hydrogens is 376 g/mol. The monoisotopic (exact) mass is 404 g/mol. The van der Waals surface area contributed by atoms with Gasteiger partial charge in [0.15, 0.2) is 0 Å². The minimum Gasteiger partial charge on any atom is -0.387 e. The third kappa shape index (κ3) is 7.01. The molecule has 0 aliphatic carbocycles. The van der Waals surface area contributed by atoms with Crippen LogP contribution in [0.15, 0.2) is 24.3 Å². The summed E-state index contributed by atoms with van der Waals surface area (Å²) >= 11 is 1.35. The number of amides is 2. The number of aromatic nitrogens is 2. The van der Waals surface area contributed by atoms with Crippen molar-refractivity contribution in [3.63, 3.8) is 0 Å². The predicted molar refractivity (Wildman–Crippen MR) is 110 cm³/mol. The molecule has 2 aromatic rings. The summed E-state index contributed by atoms with van der Waals surface area (Å²) in [7, 11) is 0. The standard InChI is InChI=1S/C20H28N4O3S/c1-4-5-19-23-24-20(28-19)22-18(27)11-10-17(26)21-12-16(25)15-8-6-14(7-9-15)13(2)3/h6-9,13,16,25H,4-5,10-12H2,1-3H3,(H,21,26)(H,22,24,27). The lowest BCUT2D eigenvalue weighted by molar-refractivity contribution is -0.124. The number of hydrogen-bond donors (Lipinski definition) is 3. The van der Waals surface area contributed by atoms with Gasteiger partial charge in [0.25, 0.3) is 0 Å². The summed E-state index contributed by atoms with van der Waals surface area (Å²) in [5.41, 5.74) is 1.95.